The number of nitrogens with one attached hydrogen (secondary N) is 1. The van der Waals surface area contributed by atoms with E-state index in [9.17, 15) is 9.90 Å². The topological polar surface area (TPSA) is 94.1 Å². The van der Waals surface area contributed by atoms with Crippen LogP contribution < -0.4 is 0 Å². The first-order valence-corrected chi connectivity index (χ1v) is 13.7. The lowest BCUT2D eigenvalue weighted by atomic mass is 9.99. The van der Waals surface area contributed by atoms with E-state index >= 15 is 0 Å². The van der Waals surface area contributed by atoms with Crippen LogP contribution >= 0.6 is 11.3 Å². The van der Waals surface area contributed by atoms with Crippen LogP contribution in [0.4, 0.5) is 5.69 Å². The van der Waals surface area contributed by atoms with Gasteiger partial charge in [0.25, 0.3) is 0 Å². The Bertz CT molecular complexity index is 1680. The minimum Gasteiger partial charge on any atom is -0.494 e. The molecule has 8 nitrogen and oxygen atoms in total. The molecule has 3 heterocycles. The number of ether oxygens (including phenoxy) is 1. The number of rotatable bonds is 6. The zero-order valence-corrected chi connectivity index (χ0v) is 22.7. The molecule has 3 aromatic carbocycles. The standard InChI is InChI=1S/C30H29N5O3S/c1-34-11-13-35(14-12-34)17-19-3-7-22(8-4-19)32-28(20-6-10-24-26(16-20)39-18-31-24)27-23-9-5-21(30(37)38-2)15-25(23)33-29(27)36/h3-10,15-16,18,33,36H,11-14,17H2,1-2H3. The summed E-state index contributed by atoms with van der Waals surface area (Å²) in [6.07, 6.45) is 0. The van der Waals surface area contributed by atoms with Gasteiger partial charge in [0.1, 0.15) is 0 Å². The fraction of sp³-hybridized carbons (Fsp3) is 0.233. The molecule has 0 saturated carbocycles. The average molecular weight is 540 g/mol. The maximum Gasteiger partial charge on any atom is 0.337 e. The smallest absolute Gasteiger partial charge is 0.337 e. The maximum absolute atomic E-state index is 12.1. The quantitative estimate of drug-likeness (QED) is 0.228. The summed E-state index contributed by atoms with van der Waals surface area (Å²) in [6.45, 7) is 5.23. The number of hydrogen-bond acceptors (Lipinski definition) is 8. The number of likely N-dealkylation sites (N-methyl/N-ethyl adjacent to an activating group) is 1. The van der Waals surface area contributed by atoms with Gasteiger partial charge in [-0.15, -0.1) is 11.3 Å². The molecular formula is C30H29N5O3S. The van der Waals surface area contributed by atoms with Crippen molar-refractivity contribution in [3.05, 3.63) is 88.4 Å². The molecule has 198 valence electrons. The highest BCUT2D eigenvalue weighted by Crippen LogP contribution is 2.33. The van der Waals surface area contributed by atoms with Gasteiger partial charge in [0.05, 0.1) is 45.4 Å². The van der Waals surface area contributed by atoms with E-state index in [0.29, 0.717) is 22.4 Å². The minimum atomic E-state index is -0.436. The number of fused-ring (bicyclic) bond motifs is 2. The molecule has 0 unspecified atom stereocenters. The Balaban J connectivity index is 1.40. The molecule has 2 N–H and O–H groups in total. The molecule has 1 aliphatic heterocycles. The Hall–Kier alpha value is -4.05. The van der Waals surface area contributed by atoms with Crippen LogP contribution in [-0.4, -0.2) is 76.9 Å². The number of carbonyl (C=O) groups excluding carboxylic acids is 1. The first kappa shape index (κ1) is 25.2. The van der Waals surface area contributed by atoms with Crippen LogP contribution in [0.15, 0.2) is 71.2 Å². The second-order valence-electron chi connectivity index (χ2n) is 9.84. The van der Waals surface area contributed by atoms with E-state index in [1.165, 1.54) is 12.7 Å². The summed E-state index contributed by atoms with van der Waals surface area (Å²) in [7, 11) is 3.51. The maximum atomic E-state index is 12.1. The summed E-state index contributed by atoms with van der Waals surface area (Å²) in [5.41, 5.74) is 7.87. The lowest BCUT2D eigenvalue weighted by molar-refractivity contribution is 0.0601. The predicted octanol–water partition coefficient (Wildman–Crippen LogP) is 5.19. The highest BCUT2D eigenvalue weighted by molar-refractivity contribution is 7.16. The van der Waals surface area contributed by atoms with Gasteiger partial charge in [0, 0.05) is 49.2 Å². The predicted molar refractivity (Wildman–Crippen MR) is 155 cm³/mol. The largest absolute Gasteiger partial charge is 0.494 e. The fourth-order valence-corrected chi connectivity index (χ4v) is 5.72. The molecular weight excluding hydrogens is 510 g/mol. The number of methoxy groups -OCH3 is 1. The molecule has 1 fully saturated rings. The number of H-pyrrole nitrogens is 1. The van der Waals surface area contributed by atoms with E-state index in [0.717, 1.165) is 59.6 Å². The Labute approximate surface area is 230 Å². The van der Waals surface area contributed by atoms with Crippen LogP contribution in [-0.2, 0) is 11.3 Å². The third kappa shape index (κ3) is 5.16. The van der Waals surface area contributed by atoms with E-state index in [1.54, 1.807) is 23.5 Å². The van der Waals surface area contributed by atoms with E-state index in [1.807, 2.05) is 35.8 Å². The summed E-state index contributed by atoms with van der Waals surface area (Å²) >= 11 is 1.56. The number of hydrogen-bond donors (Lipinski definition) is 2. The molecule has 6 rings (SSSR count). The number of carbonyl (C=O) groups is 1. The van der Waals surface area contributed by atoms with Crippen molar-refractivity contribution < 1.29 is 14.6 Å². The zero-order chi connectivity index (χ0) is 26.9. The van der Waals surface area contributed by atoms with Crippen molar-refractivity contribution in [2.24, 2.45) is 4.99 Å². The van der Waals surface area contributed by atoms with E-state index in [-0.39, 0.29) is 5.88 Å². The fourth-order valence-electron chi connectivity index (χ4n) is 5.00. The number of aliphatic imine (C=N–C) groups is 1. The van der Waals surface area contributed by atoms with Gasteiger partial charge in [-0.1, -0.05) is 24.3 Å². The monoisotopic (exact) mass is 539 g/mol. The summed E-state index contributed by atoms with van der Waals surface area (Å²) in [5.74, 6) is -0.449. The molecule has 0 atom stereocenters. The molecule has 0 spiro atoms. The first-order valence-electron chi connectivity index (χ1n) is 12.8. The third-order valence-electron chi connectivity index (χ3n) is 7.22. The molecule has 5 aromatic rings. The van der Waals surface area contributed by atoms with Crippen molar-refractivity contribution in [3.63, 3.8) is 0 Å². The van der Waals surface area contributed by atoms with Gasteiger partial charge in [0.2, 0.25) is 0 Å². The molecule has 0 amide bonds. The molecule has 2 aromatic heterocycles. The molecule has 1 saturated heterocycles. The van der Waals surface area contributed by atoms with Crippen LogP contribution in [0, 0.1) is 0 Å². The number of aromatic amines is 1. The highest BCUT2D eigenvalue weighted by Gasteiger charge is 2.21. The molecule has 0 bridgehead atoms. The number of thiazole rings is 1. The van der Waals surface area contributed by atoms with Crippen LogP contribution in [0.2, 0.25) is 0 Å². The second-order valence-corrected chi connectivity index (χ2v) is 10.7. The van der Waals surface area contributed by atoms with Gasteiger partial charge in [-0.2, -0.15) is 0 Å². The molecule has 39 heavy (non-hydrogen) atoms. The Morgan fingerprint density at radius 2 is 1.82 bits per heavy atom. The lowest BCUT2D eigenvalue weighted by Crippen LogP contribution is -2.43. The number of piperazine rings is 1. The molecule has 1 aliphatic rings. The van der Waals surface area contributed by atoms with Gasteiger partial charge in [-0.05, 0) is 49.0 Å². The lowest BCUT2D eigenvalue weighted by Gasteiger charge is -2.32. The van der Waals surface area contributed by atoms with Crippen molar-refractivity contribution in [1.82, 2.24) is 19.8 Å². The van der Waals surface area contributed by atoms with Crippen molar-refractivity contribution in [2.45, 2.75) is 6.54 Å². The number of aromatic hydroxyl groups is 1. The minimum absolute atomic E-state index is 0.0122. The van der Waals surface area contributed by atoms with Gasteiger partial charge in [-0.3, -0.25) is 4.90 Å². The molecule has 0 radical (unpaired) electrons. The molecule has 0 aliphatic carbocycles. The van der Waals surface area contributed by atoms with Gasteiger partial charge < -0.3 is 19.7 Å². The van der Waals surface area contributed by atoms with Gasteiger partial charge >= 0.3 is 5.97 Å². The van der Waals surface area contributed by atoms with E-state index < -0.39 is 5.97 Å². The van der Waals surface area contributed by atoms with Crippen LogP contribution in [0.3, 0.4) is 0 Å². The summed E-state index contributed by atoms with van der Waals surface area (Å²) in [4.78, 5) is 29.4. The summed E-state index contributed by atoms with van der Waals surface area (Å²) < 4.78 is 5.90. The first-order chi connectivity index (χ1) is 19.0. The number of benzene rings is 3. The van der Waals surface area contributed by atoms with Gasteiger partial charge in [0.15, 0.2) is 5.88 Å². The van der Waals surface area contributed by atoms with E-state index in [4.69, 9.17) is 9.73 Å². The SMILES string of the molecule is COC(=O)c1ccc2c(C(=Nc3ccc(CN4CCN(C)CC4)cc3)c3ccc4ncsc4c3)c(O)[nH]c2c1. The number of esters is 1. The molecule has 9 heteroatoms. The van der Waals surface area contributed by atoms with Crippen molar-refractivity contribution in [3.8, 4) is 5.88 Å². The summed E-state index contributed by atoms with van der Waals surface area (Å²) in [5, 5.41) is 11.8. The highest BCUT2D eigenvalue weighted by atomic mass is 32.1. The Morgan fingerprint density at radius 1 is 1.05 bits per heavy atom. The van der Waals surface area contributed by atoms with Crippen LogP contribution in [0.25, 0.3) is 21.1 Å². The van der Waals surface area contributed by atoms with Crippen molar-refractivity contribution in [2.75, 3.05) is 40.3 Å². The second kappa shape index (κ2) is 10.6. The van der Waals surface area contributed by atoms with Gasteiger partial charge in [-0.25, -0.2) is 14.8 Å². The average Bonchev–Trinajstić information content (AvgIpc) is 3.56. The Kier molecular flexibility index (Phi) is 6.86. The normalized spacial score (nSPS) is 15.3. The number of aromatic nitrogens is 2. The Morgan fingerprint density at radius 3 is 2.59 bits per heavy atom. The summed E-state index contributed by atoms with van der Waals surface area (Å²) in [6, 6.07) is 19.5. The zero-order valence-electron chi connectivity index (χ0n) is 21.8. The van der Waals surface area contributed by atoms with Crippen LogP contribution in [0.5, 0.6) is 5.88 Å². The third-order valence-corrected chi connectivity index (χ3v) is 8.01. The van der Waals surface area contributed by atoms with Crippen molar-refractivity contribution >= 4 is 49.8 Å². The van der Waals surface area contributed by atoms with Crippen LogP contribution in [0.1, 0.15) is 27.0 Å². The van der Waals surface area contributed by atoms with E-state index in [2.05, 4.69) is 45.0 Å². The number of nitrogens with zero attached hydrogens (tertiary/aromatic N) is 4. The van der Waals surface area contributed by atoms with Crippen molar-refractivity contribution in [1.29, 1.82) is 0 Å².